The Hall–Kier alpha value is -3.33. The van der Waals surface area contributed by atoms with Crippen molar-refractivity contribution in [3.8, 4) is 11.5 Å². The summed E-state index contributed by atoms with van der Waals surface area (Å²) in [5.41, 5.74) is 1.62. The number of ether oxygens (including phenoxy) is 3. The molecule has 0 aromatic heterocycles. The molecule has 7 nitrogen and oxygen atoms in total. The molecule has 0 radical (unpaired) electrons. The number of rotatable bonds is 17. The van der Waals surface area contributed by atoms with Gasteiger partial charge in [0.1, 0.15) is 11.5 Å². The maximum Gasteiger partial charge on any atom is 0.365 e. The lowest BCUT2D eigenvalue weighted by Crippen LogP contribution is -2.51. The molecule has 0 spiro atoms. The number of benzene rings is 3. The molecule has 0 aliphatic rings. The second-order valence-electron chi connectivity index (χ2n) is 11.0. The number of esters is 2. The van der Waals surface area contributed by atoms with Gasteiger partial charge in [-0.2, -0.15) is 0 Å². The molecular formula is C35H49N2O5S+. The van der Waals surface area contributed by atoms with Crippen LogP contribution in [0.15, 0.2) is 83.8 Å². The number of hydrogen-bond donors (Lipinski definition) is 1. The van der Waals surface area contributed by atoms with Crippen LogP contribution in [-0.2, 0) is 16.0 Å². The molecule has 0 saturated carbocycles. The predicted molar refractivity (Wildman–Crippen MR) is 175 cm³/mol. The number of carbonyl (C=O) groups is 2. The van der Waals surface area contributed by atoms with Crippen LogP contribution in [0.5, 0.6) is 11.5 Å². The topological polar surface area (TPSA) is 87.9 Å². The van der Waals surface area contributed by atoms with Crippen LogP contribution in [0.1, 0.15) is 68.3 Å². The van der Waals surface area contributed by atoms with Crippen LogP contribution in [0.25, 0.3) is 0 Å². The Balaban J connectivity index is 0.00000316. The first kappa shape index (κ1) is 35.9. The maximum atomic E-state index is 12.8. The van der Waals surface area contributed by atoms with Gasteiger partial charge in [-0.05, 0) is 78.9 Å². The Bertz CT molecular complexity index is 1200. The number of unbranched alkanes of at least 4 members (excludes halogenated alkanes) is 5. The van der Waals surface area contributed by atoms with Gasteiger partial charge in [0.25, 0.3) is 0 Å². The van der Waals surface area contributed by atoms with Gasteiger partial charge in [0.05, 0.1) is 39.9 Å². The summed E-state index contributed by atoms with van der Waals surface area (Å²) in [7, 11) is 6.11. The average molecular weight is 610 g/mol. The Morgan fingerprint density at radius 3 is 1.88 bits per heavy atom. The van der Waals surface area contributed by atoms with E-state index in [0.29, 0.717) is 35.4 Å². The second kappa shape index (κ2) is 19.8. The van der Waals surface area contributed by atoms with Crippen LogP contribution < -0.4 is 14.6 Å². The minimum Gasteiger partial charge on any atom is -0.494 e. The van der Waals surface area contributed by atoms with E-state index in [2.05, 4.69) is 12.1 Å². The summed E-state index contributed by atoms with van der Waals surface area (Å²) in [6.45, 7) is 5.11. The lowest BCUT2D eigenvalue weighted by molar-refractivity contribution is -0.887. The predicted octanol–water partition coefficient (Wildman–Crippen LogP) is 7.48. The van der Waals surface area contributed by atoms with E-state index in [4.69, 9.17) is 19.3 Å². The highest BCUT2D eigenvalue weighted by atomic mass is 32.2. The molecule has 234 valence electrons. The van der Waals surface area contributed by atoms with Crippen LogP contribution >= 0.6 is 11.9 Å². The highest BCUT2D eigenvalue weighted by Gasteiger charge is 2.33. The summed E-state index contributed by atoms with van der Waals surface area (Å²) >= 11 is 1.13. The van der Waals surface area contributed by atoms with E-state index >= 15 is 0 Å². The van der Waals surface area contributed by atoms with Crippen molar-refractivity contribution in [1.82, 2.24) is 0 Å². The lowest BCUT2D eigenvalue weighted by Gasteiger charge is -2.32. The van der Waals surface area contributed by atoms with Gasteiger partial charge in [0.15, 0.2) is 6.04 Å². The number of hydrogen-bond acceptors (Lipinski definition) is 7. The highest BCUT2D eigenvalue weighted by Crippen LogP contribution is 2.20. The molecule has 2 N–H and O–H groups in total. The van der Waals surface area contributed by atoms with Gasteiger partial charge in [0.2, 0.25) is 0 Å². The zero-order chi connectivity index (χ0) is 31.5. The molecule has 3 rings (SSSR count). The molecule has 43 heavy (non-hydrogen) atoms. The summed E-state index contributed by atoms with van der Waals surface area (Å²) in [6.07, 6.45) is 6.86. The second-order valence-corrected chi connectivity index (χ2v) is 11.7. The van der Waals surface area contributed by atoms with Crippen LogP contribution in [-0.4, -0.2) is 56.8 Å². The van der Waals surface area contributed by atoms with Crippen LogP contribution in [0.2, 0.25) is 0 Å². The summed E-state index contributed by atoms with van der Waals surface area (Å²) in [4.78, 5) is 26.0. The van der Waals surface area contributed by atoms with Crippen molar-refractivity contribution in [1.29, 1.82) is 0 Å². The first-order valence-corrected chi connectivity index (χ1v) is 16.1. The van der Waals surface area contributed by atoms with Crippen LogP contribution in [0.3, 0.4) is 0 Å². The Morgan fingerprint density at radius 1 is 0.744 bits per heavy atom. The number of nitrogens with two attached hydrogens (primary N) is 1. The summed E-state index contributed by atoms with van der Waals surface area (Å²) in [5, 5.41) is 5.51. The van der Waals surface area contributed by atoms with E-state index in [1.807, 2.05) is 53.2 Å². The maximum absolute atomic E-state index is 12.8. The molecule has 0 heterocycles. The van der Waals surface area contributed by atoms with Gasteiger partial charge in [-0.25, -0.2) is 9.59 Å². The smallest absolute Gasteiger partial charge is 0.365 e. The van der Waals surface area contributed by atoms with E-state index in [-0.39, 0.29) is 12.0 Å². The van der Waals surface area contributed by atoms with Gasteiger partial charge in [-0.1, -0.05) is 69.9 Å². The molecule has 0 fully saturated rings. The van der Waals surface area contributed by atoms with Gasteiger partial charge < -0.3 is 18.7 Å². The molecule has 8 heteroatoms. The fourth-order valence-corrected chi connectivity index (χ4v) is 4.61. The Labute approximate surface area is 262 Å². The fourth-order valence-electron chi connectivity index (χ4n) is 4.32. The quantitative estimate of drug-likeness (QED) is 0.0558. The van der Waals surface area contributed by atoms with Crippen LogP contribution in [0.4, 0.5) is 0 Å². The summed E-state index contributed by atoms with van der Waals surface area (Å²) in [6, 6.07) is 23.9. The number of likely N-dealkylation sites (N-methyl/N-ethyl adjacent to an activating group) is 1. The van der Waals surface area contributed by atoms with E-state index in [1.54, 1.807) is 48.5 Å². The van der Waals surface area contributed by atoms with Crippen molar-refractivity contribution in [3.63, 3.8) is 0 Å². The third kappa shape index (κ3) is 13.7. The van der Waals surface area contributed by atoms with E-state index in [1.165, 1.54) is 0 Å². The molecular weight excluding hydrogens is 560 g/mol. The first-order valence-electron chi connectivity index (χ1n) is 15.2. The zero-order valence-corrected chi connectivity index (χ0v) is 27.2. The molecule has 3 aromatic carbocycles. The normalized spacial score (nSPS) is 11.6. The van der Waals surface area contributed by atoms with Crippen LogP contribution in [0, 0.1) is 0 Å². The Morgan fingerprint density at radius 2 is 1.30 bits per heavy atom. The summed E-state index contributed by atoms with van der Waals surface area (Å²) < 4.78 is 17.4. The van der Waals surface area contributed by atoms with Crippen molar-refractivity contribution >= 4 is 23.9 Å². The van der Waals surface area contributed by atoms with Crippen molar-refractivity contribution in [2.45, 2.75) is 69.7 Å². The largest absolute Gasteiger partial charge is 0.494 e. The van der Waals surface area contributed by atoms with Gasteiger partial charge in [-0.3, -0.25) is 5.14 Å². The first-order chi connectivity index (χ1) is 20.8. The third-order valence-corrected chi connectivity index (χ3v) is 7.34. The van der Waals surface area contributed by atoms with Crippen molar-refractivity contribution in [2.24, 2.45) is 5.14 Å². The van der Waals surface area contributed by atoms with Gasteiger partial charge >= 0.3 is 11.9 Å². The SMILES string of the molecule is CC.C[N+](C)(C)C(Cc1ccccc1)C(=O)OCCCCCCCCOc1ccc(OC(=O)c2ccc(SN)cc2)cc1. The summed E-state index contributed by atoms with van der Waals surface area (Å²) in [5.74, 6) is 0.674. The van der Waals surface area contributed by atoms with Gasteiger partial charge in [-0.15, -0.1) is 0 Å². The molecule has 3 aromatic rings. The minimum atomic E-state index is -0.415. The van der Waals surface area contributed by atoms with E-state index in [9.17, 15) is 9.59 Å². The molecule has 0 amide bonds. The fraction of sp³-hybridized carbons (Fsp3) is 0.429. The highest BCUT2D eigenvalue weighted by molar-refractivity contribution is 7.97. The third-order valence-electron chi connectivity index (χ3n) is 6.79. The molecule has 0 aliphatic carbocycles. The van der Waals surface area contributed by atoms with Crippen molar-refractivity contribution in [3.05, 3.63) is 90.0 Å². The molecule has 0 aliphatic heterocycles. The Kier molecular flexibility index (Phi) is 16.5. The van der Waals surface area contributed by atoms with E-state index < -0.39 is 5.97 Å². The number of carbonyl (C=O) groups excluding carboxylic acids is 2. The van der Waals surface area contributed by atoms with Gasteiger partial charge in [0, 0.05) is 11.3 Å². The lowest BCUT2D eigenvalue weighted by atomic mass is 10.0. The average Bonchev–Trinajstić information content (AvgIpc) is 3.02. The molecule has 1 unspecified atom stereocenters. The standard InChI is InChI=1S/C33H43N2O5S.C2H6/c1-35(2,3)31(25-26-13-9-8-10-14-26)33(37)39-24-12-7-5-4-6-11-23-38-28-17-19-29(20-18-28)40-32(36)27-15-21-30(41-34)22-16-27;1-2/h8-10,13-22,31H,4-7,11-12,23-25,34H2,1-3H3;1-2H3/q+1;. The molecule has 0 bridgehead atoms. The van der Waals surface area contributed by atoms with Crippen molar-refractivity contribution in [2.75, 3.05) is 34.4 Å². The number of nitrogens with zero attached hydrogens (tertiary/aromatic N) is 1. The molecule has 0 saturated heterocycles. The monoisotopic (exact) mass is 609 g/mol. The van der Waals surface area contributed by atoms with E-state index in [0.717, 1.165) is 66.7 Å². The van der Waals surface area contributed by atoms with Crippen molar-refractivity contribution < 1.29 is 28.3 Å². The minimum absolute atomic E-state index is 0.124. The number of quaternary nitrogens is 1. The zero-order valence-electron chi connectivity index (χ0n) is 26.4. The molecule has 1 atom stereocenters.